The van der Waals surface area contributed by atoms with Crippen molar-refractivity contribution in [3.05, 3.63) is 77.6 Å². The zero-order valence-corrected chi connectivity index (χ0v) is 22.8. The van der Waals surface area contributed by atoms with Crippen LogP contribution >= 0.6 is 0 Å². The topological polar surface area (TPSA) is 116 Å². The largest absolute Gasteiger partial charge is 0.370 e. The molecule has 0 unspecified atom stereocenters. The fraction of sp³-hybridized carbons (Fsp3) is 0.286. The molecular formula is C28H32N6O3S. The third-order valence-corrected chi connectivity index (χ3v) is 7.51. The molecule has 1 aliphatic rings. The number of guanidine groups is 1. The lowest BCUT2D eigenvalue weighted by Gasteiger charge is -2.17. The summed E-state index contributed by atoms with van der Waals surface area (Å²) in [6.45, 7) is 5.96. The number of rotatable bonds is 6. The van der Waals surface area contributed by atoms with Gasteiger partial charge in [-0.2, -0.15) is 0 Å². The average Bonchev–Trinajstić information content (AvgIpc) is 3.45. The number of nitrogens with zero attached hydrogens (tertiary/aromatic N) is 4. The SMILES string of the molecule is CN=C(/N=C(\C)c1cncc(N2CCCC2)c1)Nc1cc(NC(=O)c2ccc(S(C)(=O)=O)cc2)ccc1C. The fourth-order valence-corrected chi connectivity index (χ4v) is 4.77. The highest BCUT2D eigenvalue weighted by molar-refractivity contribution is 7.90. The van der Waals surface area contributed by atoms with Gasteiger partial charge in [0.1, 0.15) is 0 Å². The maximum atomic E-state index is 12.7. The number of sulfone groups is 1. The maximum absolute atomic E-state index is 12.7. The van der Waals surface area contributed by atoms with E-state index in [2.05, 4.69) is 31.6 Å². The van der Waals surface area contributed by atoms with E-state index in [1.54, 1.807) is 19.3 Å². The lowest BCUT2D eigenvalue weighted by Crippen LogP contribution is -2.18. The van der Waals surface area contributed by atoms with E-state index in [0.717, 1.165) is 47.6 Å². The second-order valence-electron chi connectivity index (χ2n) is 9.28. The third-order valence-electron chi connectivity index (χ3n) is 6.38. The number of hydrogen-bond donors (Lipinski definition) is 2. The molecule has 198 valence electrons. The molecule has 38 heavy (non-hydrogen) atoms. The number of aliphatic imine (C=N–C) groups is 2. The summed E-state index contributed by atoms with van der Waals surface area (Å²) in [7, 11) is -1.66. The minimum atomic E-state index is -3.33. The van der Waals surface area contributed by atoms with Crippen LogP contribution in [-0.4, -0.2) is 57.4 Å². The van der Waals surface area contributed by atoms with Gasteiger partial charge in [0.25, 0.3) is 5.91 Å². The summed E-state index contributed by atoms with van der Waals surface area (Å²) in [6, 6.07) is 13.4. The molecule has 2 N–H and O–H groups in total. The molecule has 0 atom stereocenters. The molecule has 1 fully saturated rings. The van der Waals surface area contributed by atoms with Crippen LogP contribution in [0.1, 0.15) is 41.3 Å². The number of aryl methyl sites for hydroxylation is 1. The average molecular weight is 533 g/mol. The molecular weight excluding hydrogens is 500 g/mol. The van der Waals surface area contributed by atoms with Crippen LogP contribution in [0.4, 0.5) is 17.1 Å². The van der Waals surface area contributed by atoms with Gasteiger partial charge in [0.05, 0.1) is 22.5 Å². The number of carbonyl (C=O) groups excluding carboxylic acids is 1. The van der Waals surface area contributed by atoms with Crippen molar-refractivity contribution in [2.75, 3.05) is 41.9 Å². The van der Waals surface area contributed by atoms with Gasteiger partial charge in [-0.15, -0.1) is 0 Å². The molecule has 2 aromatic carbocycles. The predicted octanol–water partition coefficient (Wildman–Crippen LogP) is 4.55. The van der Waals surface area contributed by atoms with Crippen LogP contribution < -0.4 is 15.5 Å². The van der Waals surface area contributed by atoms with Gasteiger partial charge in [-0.05, 0) is 74.7 Å². The van der Waals surface area contributed by atoms with Crippen LogP contribution in [0.2, 0.25) is 0 Å². The summed E-state index contributed by atoms with van der Waals surface area (Å²) < 4.78 is 23.3. The molecule has 0 spiro atoms. The van der Waals surface area contributed by atoms with Gasteiger partial charge < -0.3 is 15.5 Å². The van der Waals surface area contributed by atoms with Gasteiger partial charge in [0, 0.05) is 55.1 Å². The molecule has 4 rings (SSSR count). The van der Waals surface area contributed by atoms with Crippen LogP contribution in [0.5, 0.6) is 0 Å². The lowest BCUT2D eigenvalue weighted by molar-refractivity contribution is 0.102. The first-order valence-electron chi connectivity index (χ1n) is 12.4. The molecule has 1 amide bonds. The first-order chi connectivity index (χ1) is 18.1. The highest BCUT2D eigenvalue weighted by atomic mass is 32.2. The van der Waals surface area contributed by atoms with E-state index < -0.39 is 9.84 Å². The first-order valence-corrected chi connectivity index (χ1v) is 14.2. The fourth-order valence-electron chi connectivity index (χ4n) is 4.14. The number of pyridine rings is 1. The Morgan fingerprint density at radius 2 is 1.68 bits per heavy atom. The minimum Gasteiger partial charge on any atom is -0.370 e. The summed E-state index contributed by atoms with van der Waals surface area (Å²) in [6.07, 6.45) is 7.21. The van der Waals surface area contributed by atoms with Crippen molar-refractivity contribution in [1.82, 2.24) is 4.98 Å². The van der Waals surface area contributed by atoms with E-state index in [-0.39, 0.29) is 10.8 Å². The number of hydrogen-bond acceptors (Lipinski definition) is 6. The quantitative estimate of drug-likeness (QED) is 0.355. The molecule has 0 aliphatic carbocycles. The van der Waals surface area contributed by atoms with Crippen LogP contribution in [0.3, 0.4) is 0 Å². The number of benzene rings is 2. The van der Waals surface area contributed by atoms with Crippen molar-refractivity contribution in [1.29, 1.82) is 0 Å². The van der Waals surface area contributed by atoms with Crippen LogP contribution in [0.15, 0.2) is 75.8 Å². The van der Waals surface area contributed by atoms with E-state index in [1.165, 1.54) is 37.1 Å². The van der Waals surface area contributed by atoms with Crippen LogP contribution in [0, 0.1) is 6.92 Å². The molecule has 1 aromatic heterocycles. The summed E-state index contributed by atoms with van der Waals surface area (Å²) in [5.41, 5.74) is 5.44. The molecule has 1 saturated heterocycles. The third kappa shape index (κ3) is 6.63. The smallest absolute Gasteiger partial charge is 0.255 e. The maximum Gasteiger partial charge on any atom is 0.255 e. The predicted molar refractivity (Wildman–Crippen MR) is 154 cm³/mol. The Balaban J connectivity index is 1.48. The highest BCUT2D eigenvalue weighted by Crippen LogP contribution is 2.23. The number of anilines is 3. The van der Waals surface area contributed by atoms with Crippen molar-refractivity contribution in [2.45, 2.75) is 31.6 Å². The summed E-state index contributed by atoms with van der Waals surface area (Å²) in [4.78, 5) is 28.6. The van der Waals surface area contributed by atoms with Gasteiger partial charge in [0.2, 0.25) is 5.96 Å². The van der Waals surface area contributed by atoms with Gasteiger partial charge >= 0.3 is 0 Å². The Morgan fingerprint density at radius 3 is 2.34 bits per heavy atom. The first kappa shape index (κ1) is 27.0. The summed E-state index contributed by atoms with van der Waals surface area (Å²) in [5, 5.41) is 6.12. The van der Waals surface area contributed by atoms with Gasteiger partial charge in [-0.1, -0.05) is 6.07 Å². The lowest BCUT2D eigenvalue weighted by atomic mass is 10.1. The van der Waals surface area contributed by atoms with E-state index in [4.69, 9.17) is 4.99 Å². The van der Waals surface area contributed by atoms with Gasteiger partial charge in [-0.25, -0.2) is 13.4 Å². The van der Waals surface area contributed by atoms with E-state index in [0.29, 0.717) is 17.2 Å². The summed E-state index contributed by atoms with van der Waals surface area (Å²) >= 11 is 0. The van der Waals surface area contributed by atoms with Gasteiger partial charge in [-0.3, -0.25) is 14.8 Å². The van der Waals surface area contributed by atoms with Gasteiger partial charge in [0.15, 0.2) is 9.84 Å². The highest BCUT2D eigenvalue weighted by Gasteiger charge is 2.14. The molecule has 9 nitrogen and oxygen atoms in total. The molecule has 0 bridgehead atoms. The summed E-state index contributed by atoms with van der Waals surface area (Å²) in [5.74, 6) is 0.0838. The molecule has 2 heterocycles. The monoisotopic (exact) mass is 532 g/mol. The zero-order valence-electron chi connectivity index (χ0n) is 22.0. The van der Waals surface area contributed by atoms with Crippen LogP contribution in [0.25, 0.3) is 0 Å². The van der Waals surface area contributed by atoms with E-state index >= 15 is 0 Å². The molecule has 3 aromatic rings. The van der Waals surface area contributed by atoms with Crippen molar-refractivity contribution in [3.63, 3.8) is 0 Å². The van der Waals surface area contributed by atoms with Crippen molar-refractivity contribution >= 4 is 44.5 Å². The molecule has 0 radical (unpaired) electrons. The number of aromatic nitrogens is 1. The Labute approximate surface area is 223 Å². The minimum absolute atomic E-state index is 0.164. The Bertz CT molecular complexity index is 1490. The molecule has 1 aliphatic heterocycles. The Morgan fingerprint density at radius 1 is 0.974 bits per heavy atom. The van der Waals surface area contributed by atoms with Crippen molar-refractivity contribution < 1.29 is 13.2 Å². The zero-order chi connectivity index (χ0) is 27.3. The number of amides is 1. The normalized spacial score (nSPS) is 14.5. The molecule has 10 heteroatoms. The number of nitrogens with one attached hydrogen (secondary N) is 2. The Hall–Kier alpha value is -4.05. The van der Waals surface area contributed by atoms with E-state index in [9.17, 15) is 13.2 Å². The number of carbonyl (C=O) groups is 1. The van der Waals surface area contributed by atoms with Crippen molar-refractivity contribution in [3.8, 4) is 0 Å². The van der Waals surface area contributed by atoms with Crippen molar-refractivity contribution in [2.24, 2.45) is 9.98 Å². The van der Waals surface area contributed by atoms with Crippen LogP contribution in [-0.2, 0) is 9.84 Å². The Kier molecular flexibility index (Phi) is 8.21. The second-order valence-corrected chi connectivity index (χ2v) is 11.3. The molecule has 0 saturated carbocycles. The second kappa shape index (κ2) is 11.6. The van der Waals surface area contributed by atoms with E-state index in [1.807, 2.05) is 32.2 Å². The standard InChI is InChI=1S/C28H32N6O3S/c1-19-7-10-23(32-27(35)21-8-11-25(12-9-21)38(4,36)37)16-26(19)33-28(29-3)31-20(2)22-15-24(18-30-17-22)34-13-5-6-14-34/h7-12,15-18H,5-6,13-14H2,1-4H3,(H,29,33)(H,32,35)/b31-20+.